The fourth-order valence-corrected chi connectivity index (χ4v) is 2.66. The average Bonchev–Trinajstić information content (AvgIpc) is 2.87. The van der Waals surface area contributed by atoms with Gasteiger partial charge in [0.05, 0.1) is 10.6 Å². The minimum absolute atomic E-state index is 0.212. The average molecular weight is 369 g/mol. The molecule has 1 aromatic heterocycles. The molecule has 0 bridgehead atoms. The van der Waals surface area contributed by atoms with Crippen molar-refractivity contribution < 1.29 is 8.91 Å². The lowest BCUT2D eigenvalue weighted by Crippen LogP contribution is -1.91. The van der Waals surface area contributed by atoms with Gasteiger partial charge in [-0.3, -0.25) is 0 Å². The van der Waals surface area contributed by atoms with Crippen molar-refractivity contribution in [1.29, 1.82) is 0 Å². The van der Waals surface area contributed by atoms with E-state index in [-0.39, 0.29) is 11.7 Å². The van der Waals surface area contributed by atoms with E-state index in [4.69, 9.17) is 21.9 Å². The third-order valence-corrected chi connectivity index (χ3v) is 3.83. The first-order valence-electron chi connectivity index (χ1n) is 5.90. The van der Waals surface area contributed by atoms with Crippen LogP contribution >= 0.6 is 27.5 Å². The molecule has 0 fully saturated rings. The van der Waals surface area contributed by atoms with Gasteiger partial charge >= 0.3 is 0 Å². The summed E-state index contributed by atoms with van der Waals surface area (Å²) in [5, 5.41) is 4.30. The van der Waals surface area contributed by atoms with Crippen LogP contribution < -0.4 is 5.73 Å². The fourth-order valence-electron chi connectivity index (χ4n) is 1.87. The smallest absolute Gasteiger partial charge is 0.261 e. The van der Waals surface area contributed by atoms with Crippen molar-refractivity contribution in [3.8, 4) is 22.8 Å². The molecule has 0 amide bonds. The highest BCUT2D eigenvalue weighted by Gasteiger charge is 2.17. The Morgan fingerprint density at radius 3 is 2.76 bits per heavy atom. The lowest BCUT2D eigenvalue weighted by Gasteiger charge is -2.02. The van der Waals surface area contributed by atoms with Gasteiger partial charge in [0.25, 0.3) is 5.89 Å². The zero-order chi connectivity index (χ0) is 15.0. The molecule has 21 heavy (non-hydrogen) atoms. The maximum absolute atomic E-state index is 13.1. The number of nitrogens with two attached hydrogens (primary N) is 1. The van der Waals surface area contributed by atoms with E-state index in [2.05, 4.69) is 26.1 Å². The van der Waals surface area contributed by atoms with Crippen molar-refractivity contribution in [1.82, 2.24) is 10.1 Å². The van der Waals surface area contributed by atoms with E-state index >= 15 is 0 Å². The molecule has 0 aliphatic carbocycles. The second kappa shape index (κ2) is 5.46. The molecule has 3 rings (SSSR count). The Hall–Kier alpha value is -1.92. The van der Waals surface area contributed by atoms with Gasteiger partial charge in [-0.25, -0.2) is 4.39 Å². The van der Waals surface area contributed by atoms with Crippen LogP contribution in [0.3, 0.4) is 0 Å². The molecule has 0 spiro atoms. The molecule has 0 atom stereocenters. The summed E-state index contributed by atoms with van der Waals surface area (Å²) in [6.07, 6.45) is 0. The van der Waals surface area contributed by atoms with Crippen LogP contribution in [0.25, 0.3) is 22.8 Å². The Morgan fingerprint density at radius 2 is 2.05 bits per heavy atom. The number of halogens is 3. The SMILES string of the molecule is Nc1cccc(Cl)c1-c1nc(-c2ccc(F)cc2Br)no1. The number of hydrogen-bond acceptors (Lipinski definition) is 4. The monoisotopic (exact) mass is 367 g/mol. The first-order chi connectivity index (χ1) is 10.1. The minimum atomic E-state index is -0.357. The van der Waals surface area contributed by atoms with E-state index in [1.54, 1.807) is 24.3 Å². The second-order valence-corrected chi connectivity index (χ2v) is 5.51. The number of benzene rings is 2. The molecule has 0 aliphatic heterocycles. The van der Waals surface area contributed by atoms with E-state index < -0.39 is 0 Å². The predicted octanol–water partition coefficient (Wildman–Crippen LogP) is 4.54. The molecule has 1 heterocycles. The largest absolute Gasteiger partial charge is 0.398 e. The van der Waals surface area contributed by atoms with E-state index in [0.29, 0.717) is 32.1 Å². The van der Waals surface area contributed by atoms with Gasteiger partial charge in [-0.2, -0.15) is 4.98 Å². The quantitative estimate of drug-likeness (QED) is 0.674. The highest BCUT2D eigenvalue weighted by atomic mass is 79.9. The van der Waals surface area contributed by atoms with Crippen molar-refractivity contribution in [3.05, 3.63) is 51.7 Å². The third kappa shape index (κ3) is 2.64. The van der Waals surface area contributed by atoms with Crippen LogP contribution in [0.2, 0.25) is 5.02 Å². The standard InChI is InChI=1S/C14H8BrClFN3O/c15-9-6-7(17)4-5-8(9)13-19-14(21-20-13)12-10(16)2-1-3-11(12)18/h1-6H,18H2. The van der Waals surface area contributed by atoms with Crippen LogP contribution in [0, 0.1) is 5.82 Å². The minimum Gasteiger partial charge on any atom is -0.398 e. The Bertz CT molecular complexity index is 801. The maximum atomic E-state index is 13.1. The lowest BCUT2D eigenvalue weighted by molar-refractivity contribution is 0.432. The molecular weight excluding hydrogens is 361 g/mol. The van der Waals surface area contributed by atoms with E-state index in [1.807, 2.05) is 0 Å². The Balaban J connectivity index is 2.08. The molecule has 2 N–H and O–H groups in total. The summed E-state index contributed by atoms with van der Waals surface area (Å²) >= 11 is 9.37. The topological polar surface area (TPSA) is 64.9 Å². The molecule has 0 saturated heterocycles. The normalized spacial score (nSPS) is 10.8. The number of nitrogen functional groups attached to an aromatic ring is 1. The third-order valence-electron chi connectivity index (χ3n) is 2.86. The van der Waals surface area contributed by atoms with Crippen LogP contribution in [-0.4, -0.2) is 10.1 Å². The van der Waals surface area contributed by atoms with Crippen LogP contribution in [0.4, 0.5) is 10.1 Å². The van der Waals surface area contributed by atoms with Crippen LogP contribution in [0.5, 0.6) is 0 Å². The zero-order valence-corrected chi connectivity index (χ0v) is 12.8. The Kier molecular flexibility index (Phi) is 3.65. The highest BCUT2D eigenvalue weighted by Crippen LogP contribution is 2.34. The van der Waals surface area contributed by atoms with Gasteiger partial charge in [0.2, 0.25) is 5.82 Å². The van der Waals surface area contributed by atoms with E-state index in [9.17, 15) is 4.39 Å². The molecule has 0 aliphatic rings. The van der Waals surface area contributed by atoms with Crippen molar-refractivity contribution in [3.63, 3.8) is 0 Å². The molecular formula is C14H8BrClFN3O. The highest BCUT2D eigenvalue weighted by molar-refractivity contribution is 9.10. The van der Waals surface area contributed by atoms with Crippen molar-refractivity contribution in [2.24, 2.45) is 0 Å². The zero-order valence-electron chi connectivity index (χ0n) is 10.5. The molecule has 0 radical (unpaired) electrons. The number of hydrogen-bond donors (Lipinski definition) is 1. The molecule has 0 saturated carbocycles. The van der Waals surface area contributed by atoms with E-state index in [0.717, 1.165) is 0 Å². The van der Waals surface area contributed by atoms with Gasteiger partial charge in [0.15, 0.2) is 0 Å². The summed E-state index contributed by atoms with van der Waals surface area (Å²) in [4.78, 5) is 4.27. The fraction of sp³-hybridized carbons (Fsp3) is 0. The van der Waals surface area contributed by atoms with Crippen LogP contribution in [0.1, 0.15) is 0 Å². The Labute approximate surface area is 132 Å². The summed E-state index contributed by atoms with van der Waals surface area (Å²) in [6.45, 7) is 0. The number of anilines is 1. The Morgan fingerprint density at radius 1 is 1.24 bits per heavy atom. The van der Waals surface area contributed by atoms with Gasteiger partial charge in [0, 0.05) is 15.7 Å². The summed E-state index contributed by atoms with van der Waals surface area (Å²) in [6, 6.07) is 9.32. The molecule has 3 aromatic rings. The molecule has 2 aromatic carbocycles. The first kappa shape index (κ1) is 14.0. The molecule has 7 heteroatoms. The van der Waals surface area contributed by atoms with E-state index in [1.165, 1.54) is 12.1 Å². The second-order valence-electron chi connectivity index (χ2n) is 4.25. The van der Waals surface area contributed by atoms with Crippen LogP contribution in [-0.2, 0) is 0 Å². The van der Waals surface area contributed by atoms with Gasteiger partial charge in [-0.05, 0) is 46.3 Å². The number of aromatic nitrogens is 2. The first-order valence-corrected chi connectivity index (χ1v) is 7.07. The lowest BCUT2D eigenvalue weighted by atomic mass is 10.2. The summed E-state index contributed by atoms with van der Waals surface area (Å²) in [7, 11) is 0. The van der Waals surface area contributed by atoms with Gasteiger partial charge in [-0.15, -0.1) is 0 Å². The van der Waals surface area contributed by atoms with Crippen molar-refractivity contribution >= 4 is 33.2 Å². The molecule has 106 valence electrons. The summed E-state index contributed by atoms with van der Waals surface area (Å²) in [5.74, 6) is 0.171. The molecule has 4 nitrogen and oxygen atoms in total. The van der Waals surface area contributed by atoms with Crippen molar-refractivity contribution in [2.45, 2.75) is 0 Å². The van der Waals surface area contributed by atoms with Gasteiger partial charge in [0.1, 0.15) is 5.82 Å². The molecule has 0 unspecified atom stereocenters. The van der Waals surface area contributed by atoms with Gasteiger partial charge in [-0.1, -0.05) is 22.8 Å². The summed E-state index contributed by atoms with van der Waals surface area (Å²) < 4.78 is 18.9. The predicted molar refractivity (Wildman–Crippen MR) is 82.3 cm³/mol. The van der Waals surface area contributed by atoms with Crippen LogP contribution in [0.15, 0.2) is 45.4 Å². The maximum Gasteiger partial charge on any atom is 0.261 e. The number of rotatable bonds is 2. The number of nitrogens with zero attached hydrogens (tertiary/aromatic N) is 2. The van der Waals surface area contributed by atoms with Gasteiger partial charge < -0.3 is 10.3 Å². The summed E-state index contributed by atoms with van der Waals surface area (Å²) in [5.41, 5.74) is 7.41. The van der Waals surface area contributed by atoms with Crippen molar-refractivity contribution in [2.75, 3.05) is 5.73 Å².